The van der Waals surface area contributed by atoms with Crippen molar-refractivity contribution in [1.29, 1.82) is 5.26 Å². The summed E-state index contributed by atoms with van der Waals surface area (Å²) >= 11 is 1.29. The minimum atomic E-state index is -0.499. The van der Waals surface area contributed by atoms with Gasteiger partial charge in [-0.1, -0.05) is 25.8 Å². The Kier molecular flexibility index (Phi) is 7.87. The molecule has 0 spiro atoms. The molecule has 1 saturated heterocycles. The number of thiophene rings is 1. The number of nitriles is 1. The average Bonchev–Trinajstić information content (AvgIpc) is 3.74. The van der Waals surface area contributed by atoms with E-state index in [-0.39, 0.29) is 0 Å². The van der Waals surface area contributed by atoms with Crippen LogP contribution in [0.2, 0.25) is 0 Å². The Bertz CT molecular complexity index is 1880. The summed E-state index contributed by atoms with van der Waals surface area (Å²) < 4.78 is 21.4. The molecule has 4 aromatic rings. The minimum absolute atomic E-state index is 0.389. The van der Waals surface area contributed by atoms with E-state index in [1.54, 1.807) is 0 Å². The lowest BCUT2D eigenvalue weighted by Gasteiger charge is -2.22. The summed E-state index contributed by atoms with van der Waals surface area (Å²) in [6.45, 7) is 12.8. The lowest BCUT2D eigenvalue weighted by molar-refractivity contribution is 0.0431. The molecule has 0 bridgehead atoms. The van der Waals surface area contributed by atoms with Crippen LogP contribution in [0.4, 0.5) is 10.3 Å². The molecule has 1 aliphatic carbocycles. The molecule has 7 rings (SSSR count). The number of nitrogens with zero attached hydrogens (tertiary/aromatic N) is 5. The van der Waals surface area contributed by atoms with E-state index in [1.165, 1.54) is 36.8 Å². The van der Waals surface area contributed by atoms with Crippen molar-refractivity contribution in [2.75, 3.05) is 18.0 Å². The summed E-state index contributed by atoms with van der Waals surface area (Å²) in [6, 6.07) is 2.30. The summed E-state index contributed by atoms with van der Waals surface area (Å²) in [6.07, 6.45) is 12.0. The molecule has 2 fully saturated rings. The fraction of sp³-hybridized carbons (Fsp3) is 0.500. The van der Waals surface area contributed by atoms with Crippen molar-refractivity contribution in [3.63, 3.8) is 0 Å². The van der Waals surface area contributed by atoms with Gasteiger partial charge in [0.2, 0.25) is 5.95 Å². The fourth-order valence-corrected chi connectivity index (χ4v) is 8.86. The van der Waals surface area contributed by atoms with Gasteiger partial charge in [-0.15, -0.1) is 11.3 Å². The number of aryl methyl sites for hydroxylation is 1. The largest absolute Gasteiger partial charge is 0.390 e. The van der Waals surface area contributed by atoms with Crippen LogP contribution in [0.1, 0.15) is 92.3 Å². The van der Waals surface area contributed by atoms with Crippen LogP contribution in [0.15, 0.2) is 19.0 Å². The Balaban J connectivity index is 1.25. The zero-order valence-corrected chi connectivity index (χ0v) is 27.2. The standard InChI is InChI=1S/C36H40FN5O2S/c1-20(2)29-30(33-31-24(14-38)21(3)45-34(31)28(37)16-39-33)27-19-44-18-26(27)25-15-40-35(41-32(25)29)42-13-10-23(17-42)8-7-22-6-5-11-36(4,43)12-9-22/h15-16,22-23,43H,1,5-13,17-19H2,2-4H3/t22?,23-,36?/m0/s1. The second kappa shape index (κ2) is 11.7. The van der Waals surface area contributed by atoms with Gasteiger partial charge in [0.1, 0.15) is 6.07 Å². The highest BCUT2D eigenvalue weighted by Gasteiger charge is 2.32. The van der Waals surface area contributed by atoms with Crippen molar-refractivity contribution in [3.8, 4) is 17.3 Å². The average molecular weight is 626 g/mol. The van der Waals surface area contributed by atoms with Crippen LogP contribution >= 0.6 is 11.3 Å². The van der Waals surface area contributed by atoms with Crippen LogP contribution in [0, 0.1) is 35.9 Å². The zero-order chi connectivity index (χ0) is 31.5. The second-order valence-electron chi connectivity index (χ2n) is 13.7. The van der Waals surface area contributed by atoms with Crippen molar-refractivity contribution >= 4 is 43.8 Å². The first-order chi connectivity index (χ1) is 21.6. The molecule has 1 N–H and O–H groups in total. The van der Waals surface area contributed by atoms with E-state index < -0.39 is 11.4 Å². The van der Waals surface area contributed by atoms with Crippen LogP contribution in [-0.2, 0) is 18.0 Å². The monoisotopic (exact) mass is 625 g/mol. The van der Waals surface area contributed by atoms with E-state index in [9.17, 15) is 10.4 Å². The molecule has 0 radical (unpaired) electrons. The molecule has 2 aliphatic heterocycles. The van der Waals surface area contributed by atoms with Gasteiger partial charge in [0.05, 0.1) is 46.5 Å². The maximum atomic E-state index is 15.0. The first-order valence-electron chi connectivity index (χ1n) is 16.2. The summed E-state index contributed by atoms with van der Waals surface area (Å²) in [5.41, 5.74) is 5.83. The number of aromatic nitrogens is 3. The third-order valence-corrected chi connectivity index (χ3v) is 11.5. The van der Waals surface area contributed by atoms with Crippen LogP contribution in [0.5, 0.6) is 0 Å². The Morgan fingerprint density at radius 1 is 1.18 bits per heavy atom. The number of hydrogen-bond donors (Lipinski definition) is 1. The molecule has 234 valence electrons. The van der Waals surface area contributed by atoms with Gasteiger partial charge < -0.3 is 14.7 Å². The molecule has 3 aromatic heterocycles. The molecular weight excluding hydrogens is 585 g/mol. The van der Waals surface area contributed by atoms with Gasteiger partial charge in [-0.3, -0.25) is 4.98 Å². The Morgan fingerprint density at radius 2 is 1.98 bits per heavy atom. The zero-order valence-electron chi connectivity index (χ0n) is 26.4. The van der Waals surface area contributed by atoms with E-state index in [1.807, 2.05) is 27.0 Å². The number of allylic oxidation sites excluding steroid dienone is 1. The molecule has 3 aliphatic rings. The highest BCUT2D eigenvalue weighted by atomic mass is 32.1. The van der Waals surface area contributed by atoms with E-state index >= 15 is 4.39 Å². The Labute approximate surface area is 267 Å². The number of ether oxygens (including phenoxy) is 1. The number of anilines is 1. The number of hydrogen-bond acceptors (Lipinski definition) is 8. The molecule has 45 heavy (non-hydrogen) atoms. The molecular formula is C36H40FN5O2S. The van der Waals surface area contributed by atoms with Gasteiger partial charge in [0, 0.05) is 46.1 Å². The highest BCUT2D eigenvalue weighted by Crippen LogP contribution is 2.46. The number of fused-ring (bicyclic) bond motifs is 4. The molecule has 3 atom stereocenters. The van der Waals surface area contributed by atoms with Crippen molar-refractivity contribution in [1.82, 2.24) is 15.0 Å². The summed E-state index contributed by atoms with van der Waals surface area (Å²) in [7, 11) is 0. The number of halogens is 1. The third kappa shape index (κ3) is 5.41. The van der Waals surface area contributed by atoms with Gasteiger partial charge in [-0.25, -0.2) is 14.4 Å². The maximum Gasteiger partial charge on any atom is 0.225 e. The van der Waals surface area contributed by atoms with Crippen molar-refractivity contribution < 1.29 is 14.2 Å². The smallest absolute Gasteiger partial charge is 0.225 e. The van der Waals surface area contributed by atoms with Crippen molar-refractivity contribution in [2.24, 2.45) is 11.8 Å². The number of aliphatic hydroxyl groups is 1. The summed E-state index contributed by atoms with van der Waals surface area (Å²) in [5, 5.41) is 22.0. The van der Waals surface area contributed by atoms with Crippen molar-refractivity contribution in [2.45, 2.75) is 91.0 Å². The van der Waals surface area contributed by atoms with Crippen LogP contribution < -0.4 is 4.90 Å². The molecule has 1 saturated carbocycles. The predicted octanol–water partition coefficient (Wildman–Crippen LogP) is 8.23. The van der Waals surface area contributed by atoms with E-state index in [0.29, 0.717) is 52.3 Å². The fourth-order valence-electron chi connectivity index (χ4n) is 7.85. The van der Waals surface area contributed by atoms with Gasteiger partial charge in [0.15, 0.2) is 5.82 Å². The molecule has 1 aromatic carbocycles. The van der Waals surface area contributed by atoms with Crippen molar-refractivity contribution in [3.05, 3.63) is 51.9 Å². The highest BCUT2D eigenvalue weighted by molar-refractivity contribution is 7.19. The van der Waals surface area contributed by atoms with Gasteiger partial charge in [-0.2, -0.15) is 5.26 Å². The molecule has 5 heterocycles. The third-order valence-electron chi connectivity index (χ3n) is 10.3. The quantitative estimate of drug-likeness (QED) is 0.216. The van der Waals surface area contributed by atoms with Crippen LogP contribution in [0.3, 0.4) is 0 Å². The van der Waals surface area contributed by atoms with Crippen LogP contribution in [0.25, 0.3) is 37.8 Å². The maximum absolute atomic E-state index is 15.0. The van der Waals surface area contributed by atoms with Crippen LogP contribution in [-0.4, -0.2) is 38.7 Å². The molecule has 7 nitrogen and oxygen atoms in total. The molecule has 0 amide bonds. The van der Waals surface area contributed by atoms with E-state index in [0.717, 1.165) is 88.8 Å². The summed E-state index contributed by atoms with van der Waals surface area (Å²) in [5.74, 6) is 1.59. The van der Waals surface area contributed by atoms with E-state index in [2.05, 4.69) is 22.5 Å². The van der Waals surface area contributed by atoms with E-state index in [4.69, 9.17) is 14.7 Å². The lowest BCUT2D eigenvalue weighted by Crippen LogP contribution is -2.23. The topological polar surface area (TPSA) is 95.2 Å². The predicted molar refractivity (Wildman–Crippen MR) is 178 cm³/mol. The number of rotatable bonds is 6. The molecule has 9 heteroatoms. The normalized spacial score (nSPS) is 23.4. The first kappa shape index (κ1) is 30.2. The van der Waals surface area contributed by atoms with Gasteiger partial charge >= 0.3 is 0 Å². The number of pyridine rings is 1. The lowest BCUT2D eigenvalue weighted by atomic mass is 9.87. The minimum Gasteiger partial charge on any atom is -0.390 e. The first-order valence-corrected chi connectivity index (χ1v) is 17.0. The molecule has 2 unspecified atom stereocenters. The second-order valence-corrected chi connectivity index (χ2v) is 14.9. The Hall–Kier alpha value is -3.45. The van der Waals surface area contributed by atoms with Gasteiger partial charge in [-0.05, 0) is 81.4 Å². The van der Waals surface area contributed by atoms with Gasteiger partial charge in [0.25, 0.3) is 0 Å². The number of benzene rings is 1. The Morgan fingerprint density at radius 3 is 2.78 bits per heavy atom. The summed E-state index contributed by atoms with van der Waals surface area (Å²) in [4.78, 5) is 17.8. The SMILES string of the molecule is C=C(C)c1c(-c2ncc(F)c3sc(C)c(C#N)c23)c2c(c3cnc(N4CC[C@H](CCC5CCCC(C)(O)CC5)C4)nc13)COC2.